The zero-order chi connectivity index (χ0) is 14.0. The molecule has 0 spiro atoms. The van der Waals surface area contributed by atoms with Crippen molar-refractivity contribution in [2.75, 3.05) is 0 Å². The number of hydrogen-bond donors (Lipinski definition) is 0. The summed E-state index contributed by atoms with van der Waals surface area (Å²) < 4.78 is 6.53. The SMILES string of the molecule is C=CC(I)(O[Si](C)(C)C(C)(C)C)C1CCCCC1. The van der Waals surface area contributed by atoms with Gasteiger partial charge in [0.15, 0.2) is 8.32 Å². The molecule has 0 aromatic heterocycles. The molecule has 0 aromatic carbocycles. The predicted octanol–water partition coefficient (Wildman–Crippen LogP) is 5.91. The molecule has 0 heterocycles. The van der Waals surface area contributed by atoms with Gasteiger partial charge in [0.25, 0.3) is 0 Å². The molecule has 1 atom stereocenters. The highest BCUT2D eigenvalue weighted by Crippen LogP contribution is 2.47. The van der Waals surface area contributed by atoms with Crippen LogP contribution < -0.4 is 0 Å². The van der Waals surface area contributed by atoms with Crippen LogP contribution in [0.5, 0.6) is 0 Å². The summed E-state index contributed by atoms with van der Waals surface area (Å²) >= 11 is 2.52. The van der Waals surface area contributed by atoms with E-state index in [0.717, 1.165) is 0 Å². The molecule has 0 saturated heterocycles. The van der Waals surface area contributed by atoms with Crippen LogP contribution in [0.1, 0.15) is 52.9 Å². The highest BCUT2D eigenvalue weighted by molar-refractivity contribution is 14.1. The van der Waals surface area contributed by atoms with Gasteiger partial charge in [-0.05, 0) is 59.5 Å². The Balaban J connectivity index is 2.85. The first-order valence-electron chi connectivity index (χ1n) is 7.15. The lowest BCUT2D eigenvalue weighted by molar-refractivity contribution is 0.117. The lowest BCUT2D eigenvalue weighted by Gasteiger charge is -2.46. The van der Waals surface area contributed by atoms with Crippen LogP contribution in [0.3, 0.4) is 0 Å². The molecule has 1 saturated carbocycles. The Kier molecular flexibility index (Phi) is 5.53. The molecular formula is C15H29IOSi. The summed E-state index contributed by atoms with van der Waals surface area (Å²) in [6.07, 6.45) is 8.74. The normalized spacial score (nSPS) is 22.6. The maximum absolute atomic E-state index is 6.69. The Morgan fingerprint density at radius 2 is 1.67 bits per heavy atom. The summed E-state index contributed by atoms with van der Waals surface area (Å²) in [5.41, 5.74) is 0. The molecule has 1 fully saturated rings. The first-order chi connectivity index (χ1) is 8.12. The Hall–Kier alpha value is 0.647. The van der Waals surface area contributed by atoms with Crippen molar-refractivity contribution in [3.8, 4) is 0 Å². The van der Waals surface area contributed by atoms with Gasteiger partial charge in [0.1, 0.15) is 3.61 Å². The van der Waals surface area contributed by atoms with Crippen molar-refractivity contribution >= 4 is 30.9 Å². The van der Waals surface area contributed by atoms with Crippen LogP contribution in [0.15, 0.2) is 12.7 Å². The monoisotopic (exact) mass is 380 g/mol. The van der Waals surface area contributed by atoms with Gasteiger partial charge in [0.2, 0.25) is 0 Å². The van der Waals surface area contributed by atoms with Gasteiger partial charge >= 0.3 is 0 Å². The summed E-state index contributed by atoms with van der Waals surface area (Å²) in [5, 5.41) is 0.265. The highest BCUT2D eigenvalue weighted by atomic mass is 127. The minimum absolute atomic E-state index is 0.152. The fourth-order valence-corrected chi connectivity index (χ4v) is 5.94. The fraction of sp³-hybridized carbons (Fsp3) is 0.867. The number of hydrogen-bond acceptors (Lipinski definition) is 1. The van der Waals surface area contributed by atoms with Crippen molar-refractivity contribution in [1.82, 2.24) is 0 Å². The molecule has 1 unspecified atom stereocenters. The molecule has 1 aliphatic rings. The molecular weight excluding hydrogens is 351 g/mol. The van der Waals surface area contributed by atoms with E-state index in [0.29, 0.717) is 5.92 Å². The van der Waals surface area contributed by atoms with E-state index in [1.807, 2.05) is 0 Å². The van der Waals surface area contributed by atoms with Crippen LogP contribution in [0.2, 0.25) is 18.1 Å². The number of alkyl halides is 1. The van der Waals surface area contributed by atoms with Crippen LogP contribution in [0, 0.1) is 5.92 Å². The molecule has 1 nitrogen and oxygen atoms in total. The predicted molar refractivity (Wildman–Crippen MR) is 91.8 cm³/mol. The largest absolute Gasteiger partial charge is 0.399 e. The van der Waals surface area contributed by atoms with Crippen molar-refractivity contribution in [1.29, 1.82) is 0 Å². The van der Waals surface area contributed by atoms with E-state index in [9.17, 15) is 0 Å². The maximum atomic E-state index is 6.69. The van der Waals surface area contributed by atoms with Gasteiger partial charge < -0.3 is 4.43 Å². The smallest absolute Gasteiger partial charge is 0.194 e. The van der Waals surface area contributed by atoms with Crippen molar-refractivity contribution in [3.05, 3.63) is 12.7 Å². The van der Waals surface area contributed by atoms with E-state index >= 15 is 0 Å². The molecule has 106 valence electrons. The minimum Gasteiger partial charge on any atom is -0.399 e. The number of halogens is 1. The molecule has 0 radical (unpaired) electrons. The second-order valence-electron chi connectivity index (χ2n) is 7.10. The number of rotatable bonds is 4. The Labute approximate surface area is 128 Å². The summed E-state index contributed by atoms with van der Waals surface area (Å²) in [5.74, 6) is 0.651. The van der Waals surface area contributed by atoms with Crippen molar-refractivity contribution < 1.29 is 4.43 Å². The Morgan fingerprint density at radius 3 is 2.06 bits per heavy atom. The third-order valence-electron chi connectivity index (χ3n) is 4.66. The van der Waals surface area contributed by atoms with Gasteiger partial charge in [-0.1, -0.05) is 52.7 Å². The molecule has 0 aliphatic heterocycles. The topological polar surface area (TPSA) is 9.23 Å². The molecule has 0 aromatic rings. The van der Waals surface area contributed by atoms with Gasteiger partial charge in [0.05, 0.1) is 0 Å². The van der Waals surface area contributed by atoms with E-state index in [1.54, 1.807) is 0 Å². The lowest BCUT2D eigenvalue weighted by Crippen LogP contribution is -2.49. The quantitative estimate of drug-likeness (QED) is 0.255. The van der Waals surface area contributed by atoms with E-state index in [-0.39, 0.29) is 8.65 Å². The van der Waals surface area contributed by atoms with Gasteiger partial charge in [-0.25, -0.2) is 0 Å². The summed E-state index contributed by atoms with van der Waals surface area (Å²) in [7, 11) is -1.72. The maximum Gasteiger partial charge on any atom is 0.194 e. The van der Waals surface area contributed by atoms with Crippen LogP contribution in [-0.4, -0.2) is 11.9 Å². The molecule has 18 heavy (non-hydrogen) atoms. The van der Waals surface area contributed by atoms with Crippen molar-refractivity contribution in [2.24, 2.45) is 5.92 Å². The minimum atomic E-state index is -1.72. The molecule has 3 heteroatoms. The molecule has 0 N–H and O–H groups in total. The third-order valence-corrected chi connectivity index (χ3v) is 11.1. The first kappa shape index (κ1) is 16.7. The molecule has 1 aliphatic carbocycles. The second-order valence-corrected chi connectivity index (χ2v) is 13.5. The zero-order valence-electron chi connectivity index (χ0n) is 12.7. The Morgan fingerprint density at radius 1 is 1.17 bits per heavy atom. The van der Waals surface area contributed by atoms with Gasteiger partial charge in [0, 0.05) is 0 Å². The van der Waals surface area contributed by atoms with Crippen molar-refractivity contribution in [2.45, 2.75) is 74.6 Å². The first-order valence-corrected chi connectivity index (χ1v) is 11.1. The van der Waals surface area contributed by atoms with Crippen molar-refractivity contribution in [3.63, 3.8) is 0 Å². The zero-order valence-corrected chi connectivity index (χ0v) is 15.8. The van der Waals surface area contributed by atoms with Gasteiger partial charge in [-0.15, -0.1) is 0 Å². The third kappa shape index (κ3) is 3.82. The van der Waals surface area contributed by atoms with Crippen LogP contribution >= 0.6 is 22.6 Å². The van der Waals surface area contributed by atoms with E-state index < -0.39 is 8.32 Å². The fourth-order valence-electron chi connectivity index (χ4n) is 2.33. The molecule has 1 rings (SSSR count). The average molecular weight is 380 g/mol. The summed E-state index contributed by atoms with van der Waals surface area (Å²) in [4.78, 5) is 0. The van der Waals surface area contributed by atoms with E-state index in [1.165, 1.54) is 32.1 Å². The average Bonchev–Trinajstić information content (AvgIpc) is 2.28. The van der Waals surface area contributed by atoms with E-state index in [4.69, 9.17) is 4.43 Å². The second kappa shape index (κ2) is 5.96. The van der Waals surface area contributed by atoms with E-state index in [2.05, 4.69) is 69.1 Å². The van der Waals surface area contributed by atoms with Crippen LogP contribution in [0.4, 0.5) is 0 Å². The highest BCUT2D eigenvalue weighted by Gasteiger charge is 2.45. The molecule has 0 bridgehead atoms. The van der Waals surface area contributed by atoms with Crippen LogP contribution in [-0.2, 0) is 4.43 Å². The van der Waals surface area contributed by atoms with Gasteiger partial charge in [-0.2, -0.15) is 0 Å². The molecule has 0 amide bonds. The summed E-state index contributed by atoms with van der Waals surface area (Å²) in [6, 6.07) is 0. The lowest BCUT2D eigenvalue weighted by atomic mass is 9.85. The summed E-state index contributed by atoms with van der Waals surface area (Å²) in [6.45, 7) is 15.7. The van der Waals surface area contributed by atoms with Crippen LogP contribution in [0.25, 0.3) is 0 Å². The van der Waals surface area contributed by atoms with Gasteiger partial charge in [-0.3, -0.25) is 0 Å². The Bertz CT molecular complexity index is 289. The standard InChI is InChI=1S/C15H29IOSi/c1-7-15(16,13-11-9-8-10-12-13)17-18(5,6)14(2,3)4/h7,13H,1,8-12H2,2-6H3.